The van der Waals surface area contributed by atoms with E-state index >= 15 is 0 Å². The summed E-state index contributed by atoms with van der Waals surface area (Å²) in [6.45, 7) is 2.38. The Morgan fingerprint density at radius 3 is 2.37 bits per heavy atom. The van der Waals surface area contributed by atoms with Gasteiger partial charge in [0.15, 0.2) is 0 Å². The predicted molar refractivity (Wildman–Crippen MR) is 107 cm³/mol. The van der Waals surface area contributed by atoms with Crippen molar-refractivity contribution in [2.24, 2.45) is 0 Å². The number of amides is 1. The van der Waals surface area contributed by atoms with Crippen LogP contribution in [-0.4, -0.2) is 31.5 Å². The molecular formula is C21H23NO4S. The number of nitrogens with one attached hydrogen (secondary N) is 1. The van der Waals surface area contributed by atoms with Gasteiger partial charge >= 0.3 is 12.1 Å². The first kappa shape index (κ1) is 20.6. The molecule has 5 nitrogen and oxygen atoms in total. The fourth-order valence-corrected chi connectivity index (χ4v) is 2.72. The van der Waals surface area contributed by atoms with Gasteiger partial charge in [0.05, 0.1) is 6.61 Å². The Hall–Kier alpha value is -2.73. The van der Waals surface area contributed by atoms with Crippen molar-refractivity contribution in [2.45, 2.75) is 18.4 Å². The lowest BCUT2D eigenvalue weighted by molar-refractivity contribution is -0.137. The molecule has 0 spiro atoms. The van der Waals surface area contributed by atoms with Crippen LogP contribution in [0.5, 0.6) is 0 Å². The van der Waals surface area contributed by atoms with Gasteiger partial charge in [-0.1, -0.05) is 42.5 Å². The van der Waals surface area contributed by atoms with E-state index in [1.807, 2.05) is 60.9 Å². The van der Waals surface area contributed by atoms with Gasteiger partial charge in [-0.05, 0) is 42.0 Å². The number of hydrogen-bond acceptors (Lipinski definition) is 5. The zero-order chi connectivity index (χ0) is 19.5. The fourth-order valence-electron chi connectivity index (χ4n) is 2.31. The number of benzene rings is 2. The molecule has 0 aliphatic carbocycles. The number of thioether (sulfide) groups is 1. The molecule has 0 saturated carbocycles. The Bertz CT molecular complexity index is 773. The van der Waals surface area contributed by atoms with E-state index in [1.165, 1.54) is 6.08 Å². The van der Waals surface area contributed by atoms with Gasteiger partial charge in [-0.25, -0.2) is 9.59 Å². The van der Waals surface area contributed by atoms with Crippen molar-refractivity contribution in [3.8, 4) is 0 Å². The third-order valence-electron chi connectivity index (χ3n) is 3.68. The summed E-state index contributed by atoms with van der Waals surface area (Å²) in [6.07, 6.45) is 2.85. The summed E-state index contributed by atoms with van der Waals surface area (Å²) in [4.78, 5) is 25.0. The average molecular weight is 385 g/mol. The molecule has 1 N–H and O–H groups in total. The van der Waals surface area contributed by atoms with Gasteiger partial charge in [-0.15, -0.1) is 11.8 Å². The minimum absolute atomic E-state index is 0.158. The molecule has 0 atom stereocenters. The lowest BCUT2D eigenvalue weighted by Gasteiger charge is -2.11. The van der Waals surface area contributed by atoms with Gasteiger partial charge < -0.3 is 14.8 Å². The summed E-state index contributed by atoms with van der Waals surface area (Å²) in [6, 6.07) is 17.2. The van der Waals surface area contributed by atoms with E-state index in [9.17, 15) is 9.59 Å². The van der Waals surface area contributed by atoms with Crippen LogP contribution in [0.3, 0.4) is 0 Å². The number of esters is 1. The van der Waals surface area contributed by atoms with E-state index < -0.39 is 12.1 Å². The second-order valence-electron chi connectivity index (χ2n) is 5.57. The topological polar surface area (TPSA) is 64.6 Å². The van der Waals surface area contributed by atoms with Crippen LogP contribution in [0.4, 0.5) is 4.79 Å². The molecule has 0 aliphatic heterocycles. The number of alkyl carbamates (subject to hydrolysis) is 1. The van der Waals surface area contributed by atoms with Crippen molar-refractivity contribution in [2.75, 3.05) is 19.4 Å². The highest BCUT2D eigenvalue weighted by atomic mass is 32.2. The standard InChI is InChI=1S/C21H23NO4S/c1-3-25-20(23)13-18(17-9-11-19(27-2)12-10-17)14-22-21(24)26-15-16-7-5-4-6-8-16/h4-13H,3,14-15H2,1-2H3,(H,22,24)/b18-13-. The summed E-state index contributed by atoms with van der Waals surface area (Å²) in [5.41, 5.74) is 2.39. The van der Waals surface area contributed by atoms with Crippen LogP contribution >= 0.6 is 11.8 Å². The van der Waals surface area contributed by atoms with Crippen LogP contribution in [0.25, 0.3) is 5.57 Å². The second kappa shape index (κ2) is 11.1. The molecule has 2 aromatic carbocycles. The molecule has 142 valence electrons. The van der Waals surface area contributed by atoms with Crippen molar-refractivity contribution in [3.05, 3.63) is 71.8 Å². The van der Waals surface area contributed by atoms with Crippen molar-refractivity contribution in [1.82, 2.24) is 5.32 Å². The molecule has 0 saturated heterocycles. The molecule has 0 aliphatic rings. The Morgan fingerprint density at radius 2 is 1.74 bits per heavy atom. The fraction of sp³-hybridized carbons (Fsp3) is 0.238. The Kier molecular flexibility index (Phi) is 8.45. The maximum Gasteiger partial charge on any atom is 0.407 e. The molecule has 0 fully saturated rings. The summed E-state index contributed by atoms with van der Waals surface area (Å²) >= 11 is 1.63. The van der Waals surface area contributed by atoms with Gasteiger partial charge in [0.25, 0.3) is 0 Å². The first-order valence-corrected chi connectivity index (χ1v) is 9.81. The number of ether oxygens (including phenoxy) is 2. The lowest BCUT2D eigenvalue weighted by atomic mass is 10.1. The maximum absolute atomic E-state index is 12.0. The molecule has 0 aromatic heterocycles. The zero-order valence-electron chi connectivity index (χ0n) is 15.4. The molecule has 6 heteroatoms. The third kappa shape index (κ3) is 7.19. The lowest BCUT2D eigenvalue weighted by Crippen LogP contribution is -2.26. The van der Waals surface area contributed by atoms with E-state index in [-0.39, 0.29) is 13.2 Å². The van der Waals surface area contributed by atoms with Gasteiger partial charge in [0.2, 0.25) is 0 Å². The van der Waals surface area contributed by atoms with Gasteiger partial charge in [0.1, 0.15) is 6.61 Å². The zero-order valence-corrected chi connectivity index (χ0v) is 16.3. The van der Waals surface area contributed by atoms with Gasteiger partial charge in [-0.3, -0.25) is 0 Å². The number of carbonyl (C=O) groups is 2. The average Bonchev–Trinajstić information content (AvgIpc) is 2.70. The van der Waals surface area contributed by atoms with E-state index in [0.717, 1.165) is 16.0 Å². The highest BCUT2D eigenvalue weighted by molar-refractivity contribution is 7.98. The van der Waals surface area contributed by atoms with Crippen LogP contribution in [0.1, 0.15) is 18.1 Å². The van der Waals surface area contributed by atoms with Crippen molar-refractivity contribution in [3.63, 3.8) is 0 Å². The van der Waals surface area contributed by atoms with E-state index in [4.69, 9.17) is 9.47 Å². The van der Waals surface area contributed by atoms with Crippen LogP contribution < -0.4 is 5.32 Å². The van der Waals surface area contributed by atoms with Crippen LogP contribution in [0, 0.1) is 0 Å². The summed E-state index contributed by atoms with van der Waals surface area (Å²) in [5, 5.41) is 2.69. The number of hydrogen-bond donors (Lipinski definition) is 1. The maximum atomic E-state index is 12.0. The van der Waals surface area contributed by atoms with Crippen molar-refractivity contribution < 1.29 is 19.1 Å². The molecule has 2 rings (SSSR count). The van der Waals surface area contributed by atoms with E-state index in [2.05, 4.69) is 5.32 Å². The largest absolute Gasteiger partial charge is 0.463 e. The first-order valence-electron chi connectivity index (χ1n) is 8.58. The molecule has 1 amide bonds. The normalized spacial score (nSPS) is 11.0. The highest BCUT2D eigenvalue weighted by Crippen LogP contribution is 2.20. The number of rotatable bonds is 8. The SMILES string of the molecule is CCOC(=O)/C=C(/CNC(=O)OCc1ccccc1)c1ccc(SC)cc1. The molecule has 0 heterocycles. The van der Waals surface area contributed by atoms with E-state index in [0.29, 0.717) is 12.2 Å². The molecule has 0 radical (unpaired) electrons. The first-order chi connectivity index (χ1) is 13.1. The Morgan fingerprint density at radius 1 is 1.04 bits per heavy atom. The number of carbonyl (C=O) groups excluding carboxylic acids is 2. The molecule has 27 heavy (non-hydrogen) atoms. The second-order valence-corrected chi connectivity index (χ2v) is 6.45. The highest BCUT2D eigenvalue weighted by Gasteiger charge is 2.09. The quantitative estimate of drug-likeness (QED) is 0.417. The summed E-state index contributed by atoms with van der Waals surface area (Å²) in [5.74, 6) is -0.444. The third-order valence-corrected chi connectivity index (χ3v) is 4.42. The van der Waals surface area contributed by atoms with Crippen LogP contribution in [0.2, 0.25) is 0 Å². The molecule has 0 bridgehead atoms. The van der Waals surface area contributed by atoms with Crippen LogP contribution in [0.15, 0.2) is 65.6 Å². The molecular weight excluding hydrogens is 362 g/mol. The van der Waals surface area contributed by atoms with E-state index in [1.54, 1.807) is 18.7 Å². The summed E-state index contributed by atoms with van der Waals surface area (Å²) < 4.78 is 10.2. The Balaban J connectivity index is 2.00. The van der Waals surface area contributed by atoms with Crippen molar-refractivity contribution in [1.29, 1.82) is 0 Å². The minimum Gasteiger partial charge on any atom is -0.463 e. The summed E-state index contributed by atoms with van der Waals surface area (Å²) in [7, 11) is 0. The molecule has 2 aromatic rings. The smallest absolute Gasteiger partial charge is 0.407 e. The molecule has 0 unspecified atom stereocenters. The predicted octanol–water partition coefficient (Wildman–Crippen LogP) is 4.28. The van der Waals surface area contributed by atoms with Gasteiger partial charge in [0, 0.05) is 17.5 Å². The monoisotopic (exact) mass is 385 g/mol. The van der Waals surface area contributed by atoms with Crippen LogP contribution in [-0.2, 0) is 20.9 Å². The van der Waals surface area contributed by atoms with Gasteiger partial charge in [-0.2, -0.15) is 0 Å². The van der Waals surface area contributed by atoms with Crippen molar-refractivity contribution >= 4 is 29.4 Å². The minimum atomic E-state index is -0.547. The Labute approximate surface area is 163 Å².